The minimum atomic E-state index is 0.469. The fraction of sp³-hybridized carbons (Fsp3) is 0.235. The Balaban J connectivity index is 2.22. The van der Waals surface area contributed by atoms with Gasteiger partial charge in [-0.1, -0.05) is 25.6 Å². The zero-order valence-electron chi connectivity index (χ0n) is 12.5. The maximum atomic E-state index is 5.70. The van der Waals surface area contributed by atoms with Gasteiger partial charge < -0.3 is 5.73 Å². The number of pyridine rings is 1. The van der Waals surface area contributed by atoms with Crippen LogP contribution in [0.5, 0.6) is 0 Å². The molecule has 0 aliphatic carbocycles. The first-order chi connectivity index (χ1) is 10.7. The van der Waals surface area contributed by atoms with Gasteiger partial charge in [0, 0.05) is 35.5 Å². The molecule has 2 heterocycles. The summed E-state index contributed by atoms with van der Waals surface area (Å²) in [7, 11) is 0. The van der Waals surface area contributed by atoms with Gasteiger partial charge in [0.25, 0.3) is 0 Å². The van der Waals surface area contributed by atoms with Crippen LogP contribution in [-0.2, 0) is 12.8 Å². The number of benzene rings is 1. The van der Waals surface area contributed by atoms with Crippen LogP contribution in [0, 0.1) is 0 Å². The Hall–Kier alpha value is -2.27. The zero-order valence-corrected chi connectivity index (χ0v) is 13.3. The molecule has 0 saturated carbocycles. The van der Waals surface area contributed by atoms with Crippen LogP contribution in [-0.4, -0.2) is 20.2 Å². The Morgan fingerprint density at radius 1 is 1.27 bits per heavy atom. The molecule has 5 heteroatoms. The van der Waals surface area contributed by atoms with Crippen molar-refractivity contribution in [3.05, 3.63) is 47.9 Å². The Bertz CT molecular complexity index is 808. The smallest absolute Gasteiger partial charge is 0.100 e. The number of rotatable bonds is 5. The molecule has 0 saturated heterocycles. The van der Waals surface area contributed by atoms with Crippen molar-refractivity contribution in [2.24, 2.45) is 5.73 Å². The summed E-state index contributed by atoms with van der Waals surface area (Å²) in [6.07, 6.45) is 6.28. The molecule has 3 N–H and O–H groups in total. The van der Waals surface area contributed by atoms with Gasteiger partial charge in [0.2, 0.25) is 0 Å². The van der Waals surface area contributed by atoms with Crippen LogP contribution in [0.1, 0.15) is 24.6 Å². The molecule has 112 valence electrons. The van der Waals surface area contributed by atoms with E-state index in [9.17, 15) is 0 Å². The largest absolute Gasteiger partial charge is 0.393 e. The van der Waals surface area contributed by atoms with Crippen LogP contribution in [0.25, 0.3) is 22.0 Å². The van der Waals surface area contributed by atoms with Crippen LogP contribution in [0.2, 0.25) is 0 Å². The van der Waals surface area contributed by atoms with Gasteiger partial charge in [-0.3, -0.25) is 10.1 Å². The number of aromatic amines is 1. The molecule has 3 aromatic rings. The summed E-state index contributed by atoms with van der Waals surface area (Å²) in [4.78, 5) is 4.56. The van der Waals surface area contributed by atoms with Crippen molar-refractivity contribution < 1.29 is 0 Å². The van der Waals surface area contributed by atoms with Crippen LogP contribution >= 0.6 is 12.2 Å². The first-order valence-corrected chi connectivity index (χ1v) is 7.78. The van der Waals surface area contributed by atoms with Gasteiger partial charge in [-0.05, 0) is 41.8 Å². The molecule has 0 atom stereocenters. The van der Waals surface area contributed by atoms with E-state index in [1.807, 2.05) is 12.1 Å². The van der Waals surface area contributed by atoms with Gasteiger partial charge in [-0.15, -0.1) is 0 Å². The Morgan fingerprint density at radius 2 is 2.05 bits per heavy atom. The highest BCUT2D eigenvalue weighted by Gasteiger charge is 2.13. The van der Waals surface area contributed by atoms with E-state index in [1.165, 1.54) is 5.56 Å². The zero-order chi connectivity index (χ0) is 15.5. The number of hydrogen-bond acceptors (Lipinski definition) is 3. The van der Waals surface area contributed by atoms with Crippen molar-refractivity contribution in [1.82, 2.24) is 15.2 Å². The third-order valence-corrected chi connectivity index (χ3v) is 3.82. The average Bonchev–Trinajstić information content (AvgIpc) is 2.90. The van der Waals surface area contributed by atoms with E-state index >= 15 is 0 Å². The van der Waals surface area contributed by atoms with Crippen molar-refractivity contribution in [3.63, 3.8) is 0 Å². The summed E-state index contributed by atoms with van der Waals surface area (Å²) in [5, 5.41) is 8.68. The molecule has 0 radical (unpaired) electrons. The molecule has 1 aromatic carbocycles. The predicted molar refractivity (Wildman–Crippen MR) is 93.8 cm³/mol. The fourth-order valence-electron chi connectivity index (χ4n) is 2.72. The number of nitrogens with two attached hydrogens (primary N) is 1. The summed E-state index contributed by atoms with van der Waals surface area (Å²) < 4.78 is 0. The Morgan fingerprint density at radius 3 is 2.73 bits per heavy atom. The lowest BCUT2D eigenvalue weighted by Crippen LogP contribution is -2.11. The van der Waals surface area contributed by atoms with E-state index in [4.69, 9.17) is 18.0 Å². The molecule has 0 fully saturated rings. The monoisotopic (exact) mass is 310 g/mol. The third-order valence-electron chi connectivity index (χ3n) is 3.68. The molecule has 0 bridgehead atoms. The summed E-state index contributed by atoms with van der Waals surface area (Å²) in [5.74, 6) is 0. The van der Waals surface area contributed by atoms with E-state index in [1.54, 1.807) is 12.4 Å². The highest BCUT2D eigenvalue weighted by Crippen LogP contribution is 2.30. The van der Waals surface area contributed by atoms with Gasteiger partial charge in [0.1, 0.15) is 5.52 Å². The highest BCUT2D eigenvalue weighted by molar-refractivity contribution is 7.80. The summed E-state index contributed by atoms with van der Waals surface area (Å²) in [5.41, 5.74) is 11.2. The van der Waals surface area contributed by atoms with Gasteiger partial charge in [-0.25, -0.2) is 0 Å². The van der Waals surface area contributed by atoms with Crippen LogP contribution in [0.15, 0.2) is 36.7 Å². The second kappa shape index (κ2) is 6.23. The molecule has 2 aromatic heterocycles. The lowest BCUT2D eigenvalue weighted by atomic mass is 9.97. The number of aromatic nitrogens is 3. The van der Waals surface area contributed by atoms with E-state index in [0.29, 0.717) is 11.4 Å². The van der Waals surface area contributed by atoms with Crippen LogP contribution in [0.4, 0.5) is 0 Å². The third kappa shape index (κ3) is 2.85. The van der Waals surface area contributed by atoms with Crippen LogP contribution < -0.4 is 5.73 Å². The van der Waals surface area contributed by atoms with Gasteiger partial charge >= 0.3 is 0 Å². The van der Waals surface area contributed by atoms with Crippen molar-refractivity contribution in [2.45, 2.75) is 26.2 Å². The van der Waals surface area contributed by atoms with Gasteiger partial charge in [-0.2, -0.15) is 5.10 Å². The summed E-state index contributed by atoms with van der Waals surface area (Å²) in [6, 6.07) is 8.42. The van der Waals surface area contributed by atoms with E-state index < -0.39 is 0 Å². The summed E-state index contributed by atoms with van der Waals surface area (Å²) in [6.45, 7) is 2.18. The number of H-pyrrole nitrogens is 1. The highest BCUT2D eigenvalue weighted by atomic mass is 32.1. The van der Waals surface area contributed by atoms with Gasteiger partial charge in [0.15, 0.2) is 0 Å². The normalized spacial score (nSPS) is 11.0. The molecule has 0 aliphatic rings. The molecule has 0 aliphatic heterocycles. The molecule has 3 rings (SSSR count). The second-order valence-corrected chi connectivity index (χ2v) is 5.90. The van der Waals surface area contributed by atoms with E-state index in [2.05, 4.69) is 34.2 Å². The van der Waals surface area contributed by atoms with Crippen molar-refractivity contribution in [1.29, 1.82) is 0 Å². The number of thiocarbonyl (C=S) groups is 1. The number of nitrogens with zero attached hydrogens (tertiary/aromatic N) is 2. The van der Waals surface area contributed by atoms with E-state index in [-0.39, 0.29) is 0 Å². The number of fused-ring (bicyclic) bond motifs is 1. The van der Waals surface area contributed by atoms with Crippen molar-refractivity contribution in [2.75, 3.05) is 0 Å². The second-order valence-electron chi connectivity index (χ2n) is 5.37. The van der Waals surface area contributed by atoms with Gasteiger partial charge in [0.05, 0.1) is 4.99 Å². The molecule has 0 amide bonds. The van der Waals surface area contributed by atoms with Crippen molar-refractivity contribution in [3.8, 4) is 11.1 Å². The number of nitrogens with one attached hydrogen (secondary N) is 1. The van der Waals surface area contributed by atoms with E-state index in [0.717, 1.165) is 40.6 Å². The minimum absolute atomic E-state index is 0.469. The molecular formula is C17H18N4S. The molecule has 0 unspecified atom stereocenters. The SMILES string of the molecule is CCCc1cc(-c2ccncc2)c2n[nH]c(CC(N)=S)c2c1. The van der Waals surface area contributed by atoms with Crippen molar-refractivity contribution >= 4 is 28.1 Å². The lowest BCUT2D eigenvalue weighted by Gasteiger charge is -2.07. The molecule has 22 heavy (non-hydrogen) atoms. The maximum Gasteiger partial charge on any atom is 0.100 e. The lowest BCUT2D eigenvalue weighted by molar-refractivity contribution is 0.924. The average molecular weight is 310 g/mol. The fourth-order valence-corrected chi connectivity index (χ4v) is 2.87. The number of aryl methyl sites for hydroxylation is 1. The minimum Gasteiger partial charge on any atom is -0.393 e. The quantitative estimate of drug-likeness (QED) is 0.709. The topological polar surface area (TPSA) is 67.6 Å². The van der Waals surface area contributed by atoms with Crippen LogP contribution in [0.3, 0.4) is 0 Å². The molecular weight excluding hydrogens is 292 g/mol. The maximum absolute atomic E-state index is 5.70. The standard InChI is InChI=1S/C17H18N4S/c1-2-3-11-8-13(12-4-6-19-7-5-12)17-14(9-11)15(20-21-17)10-16(18)22/h4-9H,2-3,10H2,1H3,(H2,18,22)(H,20,21). The molecule has 4 nitrogen and oxygen atoms in total. The molecule has 0 spiro atoms. The Labute approximate surface area is 134 Å². The first kappa shape index (κ1) is 14.7. The number of hydrogen-bond donors (Lipinski definition) is 2. The predicted octanol–water partition coefficient (Wildman–Crippen LogP) is 3.41. The first-order valence-electron chi connectivity index (χ1n) is 7.37. The Kier molecular flexibility index (Phi) is 4.15. The summed E-state index contributed by atoms with van der Waals surface area (Å²) >= 11 is 5.04.